The minimum Gasteiger partial charge on any atom is -0.275 e. The number of benzene rings is 1. The van der Waals surface area contributed by atoms with Crippen LogP contribution in [0.1, 0.15) is 5.56 Å². The van der Waals surface area contributed by atoms with Crippen LogP contribution in [0.25, 0.3) is 11.4 Å². The lowest BCUT2D eigenvalue weighted by Gasteiger charge is -2.05. The molecule has 0 aliphatic carbocycles. The molecule has 3 aromatic rings. The Labute approximate surface area is 117 Å². The number of aromatic nitrogens is 3. The van der Waals surface area contributed by atoms with Crippen LogP contribution >= 0.6 is 0 Å². The van der Waals surface area contributed by atoms with E-state index >= 15 is 0 Å². The first kappa shape index (κ1) is 12.6. The molecule has 1 aromatic carbocycles. The summed E-state index contributed by atoms with van der Waals surface area (Å²) in [5, 5.41) is 4.38. The highest BCUT2D eigenvalue weighted by Crippen LogP contribution is 2.13. The van der Waals surface area contributed by atoms with Crippen molar-refractivity contribution in [1.29, 1.82) is 0 Å². The van der Waals surface area contributed by atoms with Gasteiger partial charge in [0.1, 0.15) is 19.4 Å². The standard InChI is InChI=1S/C15H11BFN3/c16-15-9-14(13-7-3-4-8-18-13)19-20(15)10-11-5-1-2-6-12(11)17/h1-9H,10H2. The van der Waals surface area contributed by atoms with E-state index < -0.39 is 0 Å². The fraction of sp³-hybridized carbons (Fsp3) is 0.0667. The SMILES string of the molecule is [B]c1cc(-c2ccccn2)nn1Cc1ccccc1F. The van der Waals surface area contributed by atoms with Crippen LogP contribution in [0.4, 0.5) is 4.39 Å². The van der Waals surface area contributed by atoms with E-state index in [1.165, 1.54) is 6.07 Å². The Hall–Kier alpha value is -2.43. The summed E-state index contributed by atoms with van der Waals surface area (Å²) in [7, 11) is 5.93. The van der Waals surface area contributed by atoms with Gasteiger partial charge in [-0.15, -0.1) is 0 Å². The third-order valence-corrected chi connectivity index (χ3v) is 3.02. The Morgan fingerprint density at radius 2 is 1.85 bits per heavy atom. The molecular formula is C15H11BFN3. The summed E-state index contributed by atoms with van der Waals surface area (Å²) in [5.74, 6) is -0.262. The first-order chi connectivity index (χ1) is 9.74. The second kappa shape index (κ2) is 5.29. The lowest BCUT2D eigenvalue weighted by Crippen LogP contribution is -2.19. The fourth-order valence-corrected chi connectivity index (χ4v) is 1.99. The smallest absolute Gasteiger partial charge is 0.141 e. The fourth-order valence-electron chi connectivity index (χ4n) is 1.99. The van der Waals surface area contributed by atoms with Crippen molar-refractivity contribution in [3.8, 4) is 11.4 Å². The Kier molecular flexibility index (Phi) is 3.33. The predicted octanol–water partition coefficient (Wildman–Crippen LogP) is 1.93. The first-order valence-electron chi connectivity index (χ1n) is 6.22. The van der Waals surface area contributed by atoms with Gasteiger partial charge >= 0.3 is 0 Å². The Morgan fingerprint density at radius 1 is 1.05 bits per heavy atom. The average Bonchev–Trinajstić information content (AvgIpc) is 2.84. The predicted molar refractivity (Wildman–Crippen MR) is 76.3 cm³/mol. The molecule has 0 aliphatic heterocycles. The summed E-state index contributed by atoms with van der Waals surface area (Å²) >= 11 is 0. The van der Waals surface area contributed by atoms with Crippen molar-refractivity contribution in [2.24, 2.45) is 0 Å². The van der Waals surface area contributed by atoms with Crippen LogP contribution in [-0.4, -0.2) is 22.6 Å². The molecule has 96 valence electrons. The van der Waals surface area contributed by atoms with Gasteiger partial charge in [0.2, 0.25) is 0 Å². The number of nitrogens with zero attached hydrogens (tertiary/aromatic N) is 3. The zero-order valence-electron chi connectivity index (χ0n) is 10.7. The van der Waals surface area contributed by atoms with Crippen molar-refractivity contribution in [1.82, 2.24) is 14.8 Å². The molecule has 0 fully saturated rings. The topological polar surface area (TPSA) is 30.7 Å². The molecular weight excluding hydrogens is 252 g/mol. The molecule has 0 N–H and O–H groups in total. The molecule has 2 heterocycles. The Balaban J connectivity index is 1.92. The molecule has 0 saturated carbocycles. The molecule has 2 radical (unpaired) electrons. The van der Waals surface area contributed by atoms with Crippen LogP contribution < -0.4 is 5.59 Å². The van der Waals surface area contributed by atoms with Gasteiger partial charge in [-0.1, -0.05) is 24.3 Å². The summed E-state index contributed by atoms with van der Waals surface area (Å²) in [6.45, 7) is 0.297. The maximum absolute atomic E-state index is 13.6. The van der Waals surface area contributed by atoms with Gasteiger partial charge in [0.25, 0.3) is 0 Å². The van der Waals surface area contributed by atoms with Crippen LogP contribution in [0.5, 0.6) is 0 Å². The van der Waals surface area contributed by atoms with E-state index in [1.807, 2.05) is 18.2 Å². The molecule has 0 aliphatic rings. The van der Waals surface area contributed by atoms with Crippen molar-refractivity contribution in [3.05, 3.63) is 66.1 Å². The van der Waals surface area contributed by atoms with Crippen molar-refractivity contribution in [2.75, 3.05) is 0 Å². The summed E-state index contributed by atoms with van der Waals surface area (Å²) in [4.78, 5) is 4.22. The Bertz CT molecular complexity index is 725. The molecule has 0 spiro atoms. The largest absolute Gasteiger partial charge is 0.275 e. The van der Waals surface area contributed by atoms with E-state index in [0.29, 0.717) is 23.4 Å². The second-order valence-electron chi connectivity index (χ2n) is 4.42. The van der Waals surface area contributed by atoms with Crippen LogP contribution in [-0.2, 0) is 6.54 Å². The third-order valence-electron chi connectivity index (χ3n) is 3.02. The van der Waals surface area contributed by atoms with Crippen LogP contribution in [0, 0.1) is 5.82 Å². The van der Waals surface area contributed by atoms with E-state index in [2.05, 4.69) is 10.1 Å². The molecule has 20 heavy (non-hydrogen) atoms. The van der Waals surface area contributed by atoms with Gasteiger partial charge in [-0.05, 0) is 29.9 Å². The van der Waals surface area contributed by atoms with Crippen LogP contribution in [0.3, 0.4) is 0 Å². The number of rotatable bonds is 3. The van der Waals surface area contributed by atoms with E-state index in [-0.39, 0.29) is 5.82 Å². The number of hydrogen-bond donors (Lipinski definition) is 0. The number of halogens is 1. The lowest BCUT2D eigenvalue weighted by molar-refractivity contribution is 0.589. The van der Waals surface area contributed by atoms with Crippen molar-refractivity contribution < 1.29 is 4.39 Å². The summed E-state index contributed by atoms with van der Waals surface area (Å²) in [6.07, 6.45) is 1.70. The first-order valence-corrected chi connectivity index (χ1v) is 6.22. The normalized spacial score (nSPS) is 10.7. The lowest BCUT2D eigenvalue weighted by atomic mass is 10.0. The summed E-state index contributed by atoms with van der Waals surface area (Å²) in [5.41, 5.74) is 2.45. The van der Waals surface area contributed by atoms with Gasteiger partial charge in [0.05, 0.1) is 12.2 Å². The van der Waals surface area contributed by atoms with E-state index in [0.717, 1.165) is 5.69 Å². The zero-order valence-corrected chi connectivity index (χ0v) is 10.7. The monoisotopic (exact) mass is 263 g/mol. The van der Waals surface area contributed by atoms with Gasteiger partial charge in [-0.25, -0.2) is 4.39 Å². The maximum atomic E-state index is 13.6. The molecule has 0 bridgehead atoms. The molecule has 5 heteroatoms. The van der Waals surface area contributed by atoms with Crippen molar-refractivity contribution in [2.45, 2.75) is 6.54 Å². The highest BCUT2D eigenvalue weighted by Gasteiger charge is 2.09. The molecule has 2 aromatic heterocycles. The molecule has 0 atom stereocenters. The van der Waals surface area contributed by atoms with Gasteiger partial charge in [0, 0.05) is 11.8 Å². The molecule has 0 saturated heterocycles. The maximum Gasteiger partial charge on any atom is 0.141 e. The van der Waals surface area contributed by atoms with Crippen LogP contribution in [0.2, 0.25) is 0 Å². The quantitative estimate of drug-likeness (QED) is 0.676. The van der Waals surface area contributed by atoms with Gasteiger partial charge < -0.3 is 0 Å². The molecule has 0 unspecified atom stereocenters. The van der Waals surface area contributed by atoms with Crippen molar-refractivity contribution >= 4 is 13.4 Å². The average molecular weight is 263 g/mol. The minimum atomic E-state index is -0.262. The van der Waals surface area contributed by atoms with Gasteiger partial charge in [-0.3, -0.25) is 9.67 Å². The molecule has 3 nitrogen and oxygen atoms in total. The van der Waals surface area contributed by atoms with Gasteiger partial charge in [0.15, 0.2) is 0 Å². The van der Waals surface area contributed by atoms with Crippen LogP contribution in [0.15, 0.2) is 54.7 Å². The third kappa shape index (κ3) is 2.47. The van der Waals surface area contributed by atoms with E-state index in [1.54, 1.807) is 35.1 Å². The highest BCUT2D eigenvalue weighted by molar-refractivity contribution is 6.31. The Morgan fingerprint density at radius 3 is 2.60 bits per heavy atom. The zero-order chi connectivity index (χ0) is 13.9. The van der Waals surface area contributed by atoms with Gasteiger partial charge in [-0.2, -0.15) is 5.10 Å². The molecule has 0 amide bonds. The van der Waals surface area contributed by atoms with E-state index in [9.17, 15) is 4.39 Å². The summed E-state index contributed by atoms with van der Waals surface area (Å²) in [6, 6.07) is 13.9. The van der Waals surface area contributed by atoms with E-state index in [4.69, 9.17) is 7.85 Å². The number of pyridine rings is 1. The highest BCUT2D eigenvalue weighted by atomic mass is 19.1. The number of hydrogen-bond acceptors (Lipinski definition) is 2. The second-order valence-corrected chi connectivity index (χ2v) is 4.42. The van der Waals surface area contributed by atoms with Crippen molar-refractivity contribution in [3.63, 3.8) is 0 Å². The minimum absolute atomic E-state index is 0.262. The molecule has 3 rings (SSSR count). The summed E-state index contributed by atoms with van der Waals surface area (Å²) < 4.78 is 15.2.